The van der Waals surface area contributed by atoms with E-state index in [9.17, 15) is 0 Å². The summed E-state index contributed by atoms with van der Waals surface area (Å²) in [4.78, 5) is 10.4. The van der Waals surface area contributed by atoms with Crippen LogP contribution in [0.25, 0.3) is 0 Å². The number of nitrogens with one attached hydrogen (secondary N) is 1. The molecule has 7 fully saturated rings. The maximum Gasteiger partial charge on any atom is 0.231 e. The normalized spacial score (nSPS) is 24.5. The number of hydrogen-bond donors (Lipinski definition) is 1. The van der Waals surface area contributed by atoms with Gasteiger partial charge in [-0.3, -0.25) is 14.7 Å². The standard InChI is InChI=1S/C20H26N2.C15H23N.C13H23N.C13H18O2.C9H19N/c1-17(2)21-13-15-22(16-14-21)20(18-9-5-3-6-10-18)19-11-7-4-8-12-19;1-13(2)16-11-7-6-10-15(16)12-14-8-4-3-5-9-14;1-9(2)14-13-6-10-3-11(7-13)5-12(4-10)8-13;1-10(2)4-3-5-11-6-7-12-13(8-11)15-9-14-12;1-8(2)10-6-4-9(3)5-7-10/h3-12,17,20H,13-16H2,1-2H3;3-5,8-9,13,15H,6-7,10-12H2,1-2H3;9-12,14H,3-8H2,1-2H3;6-8,10H,3-5,9H2,1-2H3;8-9H,4-7H2,1-3H3. The number of nitrogens with zero attached hydrogens (tertiary/aromatic N) is 4. The summed E-state index contributed by atoms with van der Waals surface area (Å²) in [5.41, 5.74) is 6.20. The highest BCUT2D eigenvalue weighted by molar-refractivity contribution is 5.44. The molecule has 4 saturated carbocycles. The molecule has 0 amide bonds. The topological polar surface area (TPSA) is 43.5 Å². The van der Waals surface area contributed by atoms with Gasteiger partial charge in [-0.05, 0) is 209 Å². The average Bonchev–Trinajstić information content (AvgIpc) is 3.92. The van der Waals surface area contributed by atoms with Gasteiger partial charge in [0.15, 0.2) is 11.5 Å². The third kappa shape index (κ3) is 19.2. The zero-order valence-corrected chi connectivity index (χ0v) is 50.6. The predicted octanol–water partition coefficient (Wildman–Crippen LogP) is 15.8. The number of rotatable bonds is 14. The Morgan fingerprint density at radius 3 is 1.57 bits per heavy atom. The molecule has 7 heteroatoms. The molecule has 4 heterocycles. The van der Waals surface area contributed by atoms with Crippen molar-refractivity contribution in [2.75, 3.05) is 52.6 Å². The Hall–Kier alpha value is -3.72. The van der Waals surface area contributed by atoms with Crippen LogP contribution in [0, 0.1) is 29.6 Å². The van der Waals surface area contributed by atoms with Crippen molar-refractivity contribution in [1.82, 2.24) is 24.9 Å². The van der Waals surface area contributed by atoms with Crippen LogP contribution in [0.15, 0.2) is 109 Å². The summed E-state index contributed by atoms with van der Waals surface area (Å²) in [6, 6.07) is 42.9. The minimum atomic E-state index is 0.366. The molecule has 4 aromatic carbocycles. The molecule has 7 nitrogen and oxygen atoms in total. The van der Waals surface area contributed by atoms with E-state index in [2.05, 4.69) is 204 Å². The summed E-state index contributed by atoms with van der Waals surface area (Å²) < 4.78 is 10.6. The number of likely N-dealkylation sites (tertiary alicyclic amines) is 2. The highest BCUT2D eigenvalue weighted by Gasteiger charge is 2.50. The third-order valence-corrected chi connectivity index (χ3v) is 18.2. The number of ether oxygens (including phenoxy) is 2. The van der Waals surface area contributed by atoms with Gasteiger partial charge in [-0.25, -0.2) is 0 Å². The van der Waals surface area contributed by atoms with Crippen molar-refractivity contribution in [3.8, 4) is 11.5 Å². The Labute approximate surface area is 471 Å². The molecule has 1 unspecified atom stereocenters. The molecule has 0 radical (unpaired) electrons. The second-order valence-corrected chi connectivity index (χ2v) is 26.3. The lowest BCUT2D eigenvalue weighted by Gasteiger charge is -2.57. The van der Waals surface area contributed by atoms with Gasteiger partial charge >= 0.3 is 0 Å². The number of fused-ring (bicyclic) bond motifs is 1. The van der Waals surface area contributed by atoms with Gasteiger partial charge in [0.2, 0.25) is 6.79 Å². The Morgan fingerprint density at radius 1 is 0.532 bits per heavy atom. The lowest BCUT2D eigenvalue weighted by molar-refractivity contribution is -0.0233. The molecular formula is C70H109N5O2. The van der Waals surface area contributed by atoms with Crippen molar-refractivity contribution >= 4 is 0 Å². The van der Waals surface area contributed by atoms with Gasteiger partial charge in [0.05, 0.1) is 6.04 Å². The third-order valence-electron chi connectivity index (χ3n) is 18.2. The van der Waals surface area contributed by atoms with Gasteiger partial charge in [-0.1, -0.05) is 145 Å². The minimum Gasteiger partial charge on any atom is -0.454 e. The van der Waals surface area contributed by atoms with Crippen molar-refractivity contribution in [1.29, 1.82) is 0 Å². The molecule has 12 rings (SSSR count). The van der Waals surface area contributed by atoms with Crippen LogP contribution in [0.5, 0.6) is 11.5 Å². The van der Waals surface area contributed by atoms with Crippen molar-refractivity contribution in [2.24, 2.45) is 29.6 Å². The Kier molecular flexibility index (Phi) is 24.3. The van der Waals surface area contributed by atoms with Crippen LogP contribution in [-0.4, -0.2) is 108 Å². The maximum absolute atomic E-state index is 5.34. The number of piperazine rings is 1. The lowest BCUT2D eigenvalue weighted by Crippen LogP contribution is -2.59. The fraction of sp³-hybridized carbons (Fsp3) is 0.657. The molecule has 4 bridgehead atoms. The summed E-state index contributed by atoms with van der Waals surface area (Å²) in [5.74, 6) is 6.76. The average molecular weight is 1050 g/mol. The summed E-state index contributed by atoms with van der Waals surface area (Å²) in [5, 5.41) is 3.89. The van der Waals surface area contributed by atoms with Crippen LogP contribution in [0.3, 0.4) is 0 Å². The smallest absolute Gasteiger partial charge is 0.231 e. The highest BCUT2D eigenvalue weighted by atomic mass is 16.7. The molecule has 426 valence electrons. The first-order valence-electron chi connectivity index (χ1n) is 31.4. The van der Waals surface area contributed by atoms with Crippen molar-refractivity contribution in [3.63, 3.8) is 0 Å². The molecule has 0 spiro atoms. The number of hydrogen-bond acceptors (Lipinski definition) is 7. The van der Waals surface area contributed by atoms with E-state index < -0.39 is 0 Å². The van der Waals surface area contributed by atoms with Crippen molar-refractivity contribution in [2.45, 2.75) is 214 Å². The van der Waals surface area contributed by atoms with E-state index >= 15 is 0 Å². The fourth-order valence-corrected chi connectivity index (χ4v) is 14.5. The molecule has 4 aliphatic carbocycles. The van der Waals surface area contributed by atoms with Crippen LogP contribution < -0.4 is 14.8 Å². The van der Waals surface area contributed by atoms with E-state index in [1.807, 2.05) is 6.07 Å². The maximum atomic E-state index is 5.34. The van der Waals surface area contributed by atoms with Gasteiger partial charge in [0, 0.05) is 61.9 Å². The van der Waals surface area contributed by atoms with Crippen LogP contribution >= 0.6 is 0 Å². The summed E-state index contributed by atoms with van der Waals surface area (Å²) in [7, 11) is 0. The summed E-state index contributed by atoms with van der Waals surface area (Å²) >= 11 is 0. The second-order valence-electron chi connectivity index (χ2n) is 26.3. The van der Waals surface area contributed by atoms with Crippen LogP contribution in [0.4, 0.5) is 0 Å². The first kappa shape index (κ1) is 60.9. The number of aryl methyl sites for hydroxylation is 1. The highest BCUT2D eigenvalue weighted by Crippen LogP contribution is 2.55. The second kappa shape index (κ2) is 30.8. The molecule has 3 saturated heterocycles. The molecule has 1 atom stereocenters. The van der Waals surface area contributed by atoms with E-state index in [-0.39, 0.29) is 0 Å². The molecule has 1 N–H and O–H groups in total. The van der Waals surface area contributed by atoms with E-state index in [1.165, 1.54) is 113 Å². The van der Waals surface area contributed by atoms with Crippen molar-refractivity contribution < 1.29 is 9.47 Å². The molecule has 8 aliphatic rings. The molecule has 4 aromatic rings. The Bertz CT molecular complexity index is 2130. The summed E-state index contributed by atoms with van der Waals surface area (Å²) in [6.07, 6.45) is 21.0. The van der Waals surface area contributed by atoms with E-state index in [0.717, 1.165) is 85.8 Å². The van der Waals surface area contributed by atoms with Crippen LogP contribution in [0.1, 0.15) is 188 Å². The zero-order chi connectivity index (χ0) is 54.7. The molecule has 77 heavy (non-hydrogen) atoms. The fourth-order valence-electron chi connectivity index (χ4n) is 14.5. The van der Waals surface area contributed by atoms with Gasteiger partial charge in [0.25, 0.3) is 0 Å². The largest absolute Gasteiger partial charge is 0.454 e. The Balaban J connectivity index is 0.000000143. The molecular weight excluding hydrogens is 943 g/mol. The first-order valence-corrected chi connectivity index (χ1v) is 31.4. The number of benzene rings is 4. The molecule has 0 aromatic heterocycles. The Morgan fingerprint density at radius 2 is 1.05 bits per heavy atom. The zero-order valence-electron chi connectivity index (χ0n) is 50.6. The predicted molar refractivity (Wildman–Crippen MR) is 327 cm³/mol. The van der Waals surface area contributed by atoms with Crippen LogP contribution in [-0.2, 0) is 12.8 Å². The van der Waals surface area contributed by atoms with Gasteiger partial charge < -0.3 is 19.7 Å². The molecule has 4 aliphatic heterocycles. The van der Waals surface area contributed by atoms with E-state index in [1.54, 1.807) is 19.3 Å². The van der Waals surface area contributed by atoms with Gasteiger partial charge in [0.1, 0.15) is 0 Å². The van der Waals surface area contributed by atoms with Crippen molar-refractivity contribution in [3.05, 3.63) is 131 Å². The summed E-state index contributed by atoms with van der Waals surface area (Å²) in [6.45, 7) is 34.2. The van der Waals surface area contributed by atoms with Crippen LogP contribution in [0.2, 0.25) is 0 Å². The monoisotopic (exact) mass is 1050 g/mol. The lowest BCUT2D eigenvalue weighted by atomic mass is 9.53. The SMILES string of the molecule is CC(C)CCCc1ccc2c(c1)OCO2.CC(C)N1CCCCC1Cc1ccccc1.CC(C)N1CCN(C(c2ccccc2)c2ccccc2)CC1.CC(C)NC12CC3CC(CC(C3)C1)C2.CC1CCN(C(C)C)CC1. The van der Waals surface area contributed by atoms with Gasteiger partial charge in [-0.15, -0.1) is 0 Å². The quantitative estimate of drug-likeness (QED) is 0.135. The van der Waals surface area contributed by atoms with Gasteiger partial charge in [-0.2, -0.15) is 0 Å². The van der Waals surface area contributed by atoms with E-state index in [4.69, 9.17) is 9.47 Å². The minimum absolute atomic E-state index is 0.366. The van der Waals surface area contributed by atoms with E-state index in [0.29, 0.717) is 36.5 Å². The first-order chi connectivity index (χ1) is 37.1. The number of piperidine rings is 2.